The average Bonchev–Trinajstić information content (AvgIpc) is 2.38. The van der Waals surface area contributed by atoms with Crippen LogP contribution in [0.5, 0.6) is 0 Å². The van der Waals surface area contributed by atoms with Crippen LogP contribution in [0.2, 0.25) is 0 Å². The summed E-state index contributed by atoms with van der Waals surface area (Å²) >= 11 is 0. The van der Waals surface area contributed by atoms with Crippen molar-refractivity contribution < 1.29 is 5.11 Å². The van der Waals surface area contributed by atoms with Crippen molar-refractivity contribution in [2.75, 3.05) is 11.9 Å². The van der Waals surface area contributed by atoms with Gasteiger partial charge in [0.2, 0.25) is 0 Å². The van der Waals surface area contributed by atoms with Crippen molar-refractivity contribution in [3.05, 3.63) is 59.0 Å². The van der Waals surface area contributed by atoms with E-state index in [0.717, 1.165) is 11.4 Å². The Balaban J connectivity index is 2.18. The van der Waals surface area contributed by atoms with Gasteiger partial charge in [-0.3, -0.25) is 9.36 Å². The SMILES string of the molecule is CC(O)CNc1ccc(-n2ccccc2=O)cc1. The Labute approximate surface area is 106 Å². The van der Waals surface area contributed by atoms with Crippen molar-refractivity contribution in [1.82, 2.24) is 4.57 Å². The summed E-state index contributed by atoms with van der Waals surface area (Å²) in [6.07, 6.45) is 1.35. The van der Waals surface area contributed by atoms with E-state index < -0.39 is 0 Å². The van der Waals surface area contributed by atoms with Crippen LogP contribution >= 0.6 is 0 Å². The first-order valence-electron chi connectivity index (χ1n) is 5.87. The number of hydrogen-bond acceptors (Lipinski definition) is 3. The molecule has 4 heteroatoms. The predicted molar refractivity (Wildman–Crippen MR) is 72.2 cm³/mol. The minimum atomic E-state index is -0.388. The van der Waals surface area contributed by atoms with E-state index in [4.69, 9.17) is 0 Å². The topological polar surface area (TPSA) is 54.3 Å². The van der Waals surface area contributed by atoms with Crippen molar-refractivity contribution in [2.45, 2.75) is 13.0 Å². The highest BCUT2D eigenvalue weighted by Gasteiger charge is 1.99. The minimum Gasteiger partial charge on any atom is -0.392 e. The van der Waals surface area contributed by atoms with Crippen LogP contribution in [0.4, 0.5) is 5.69 Å². The molecule has 2 aromatic rings. The number of aliphatic hydroxyl groups excluding tert-OH is 1. The van der Waals surface area contributed by atoms with Crippen LogP contribution in [0.15, 0.2) is 53.5 Å². The molecule has 2 rings (SSSR count). The lowest BCUT2D eigenvalue weighted by Crippen LogP contribution is -2.16. The molecular weight excluding hydrogens is 228 g/mol. The first-order valence-corrected chi connectivity index (χ1v) is 5.87. The average molecular weight is 244 g/mol. The van der Waals surface area contributed by atoms with Crippen molar-refractivity contribution in [2.24, 2.45) is 0 Å². The van der Waals surface area contributed by atoms with Crippen molar-refractivity contribution in [3.63, 3.8) is 0 Å². The lowest BCUT2D eigenvalue weighted by molar-refractivity contribution is 0.208. The second kappa shape index (κ2) is 5.51. The molecule has 0 aliphatic carbocycles. The number of pyridine rings is 1. The van der Waals surface area contributed by atoms with Gasteiger partial charge in [-0.05, 0) is 37.3 Å². The summed E-state index contributed by atoms with van der Waals surface area (Å²) in [6, 6.07) is 12.6. The Kier molecular flexibility index (Phi) is 3.79. The largest absolute Gasteiger partial charge is 0.392 e. The highest BCUT2D eigenvalue weighted by molar-refractivity contribution is 5.48. The van der Waals surface area contributed by atoms with Gasteiger partial charge in [0.05, 0.1) is 6.10 Å². The van der Waals surface area contributed by atoms with E-state index in [1.54, 1.807) is 23.8 Å². The molecule has 0 saturated carbocycles. The predicted octanol–water partition coefficient (Wildman–Crippen LogP) is 1.63. The number of aliphatic hydroxyl groups is 1. The molecule has 1 unspecified atom stereocenters. The highest BCUT2D eigenvalue weighted by Crippen LogP contribution is 2.11. The molecule has 1 atom stereocenters. The molecule has 4 nitrogen and oxygen atoms in total. The molecule has 18 heavy (non-hydrogen) atoms. The maximum absolute atomic E-state index is 11.6. The number of aromatic nitrogens is 1. The molecule has 94 valence electrons. The normalized spacial score (nSPS) is 12.1. The standard InChI is InChI=1S/C14H16N2O2/c1-11(17)10-15-12-5-7-13(8-6-12)16-9-3-2-4-14(16)18/h2-9,11,15,17H,10H2,1H3. The number of anilines is 1. The Hall–Kier alpha value is -2.07. The zero-order chi connectivity index (χ0) is 13.0. The van der Waals surface area contributed by atoms with Gasteiger partial charge in [-0.25, -0.2) is 0 Å². The van der Waals surface area contributed by atoms with Crippen LogP contribution in [0.25, 0.3) is 5.69 Å². The molecule has 1 aromatic heterocycles. The molecular formula is C14H16N2O2. The van der Waals surface area contributed by atoms with Gasteiger partial charge < -0.3 is 10.4 Å². The third-order valence-corrected chi connectivity index (χ3v) is 2.57. The summed E-state index contributed by atoms with van der Waals surface area (Å²) in [4.78, 5) is 11.6. The van der Waals surface area contributed by atoms with E-state index in [9.17, 15) is 9.90 Å². The van der Waals surface area contributed by atoms with Gasteiger partial charge in [0.25, 0.3) is 5.56 Å². The fourth-order valence-corrected chi connectivity index (χ4v) is 1.65. The van der Waals surface area contributed by atoms with Gasteiger partial charge in [0.1, 0.15) is 0 Å². The number of benzene rings is 1. The molecule has 0 radical (unpaired) electrons. The first kappa shape index (κ1) is 12.4. The lowest BCUT2D eigenvalue weighted by atomic mass is 10.2. The highest BCUT2D eigenvalue weighted by atomic mass is 16.3. The fraction of sp³-hybridized carbons (Fsp3) is 0.214. The van der Waals surface area contributed by atoms with Gasteiger partial charge in [-0.1, -0.05) is 6.07 Å². The summed E-state index contributed by atoms with van der Waals surface area (Å²) in [5.41, 5.74) is 1.69. The zero-order valence-electron chi connectivity index (χ0n) is 10.2. The van der Waals surface area contributed by atoms with Crippen LogP contribution in [-0.2, 0) is 0 Å². The molecule has 0 aliphatic rings. The van der Waals surface area contributed by atoms with Crippen LogP contribution in [0, 0.1) is 0 Å². The van der Waals surface area contributed by atoms with Crippen molar-refractivity contribution in [1.29, 1.82) is 0 Å². The summed E-state index contributed by atoms with van der Waals surface area (Å²) in [6.45, 7) is 2.23. The van der Waals surface area contributed by atoms with E-state index in [1.807, 2.05) is 30.3 Å². The Morgan fingerprint density at radius 2 is 1.94 bits per heavy atom. The Morgan fingerprint density at radius 1 is 1.22 bits per heavy atom. The molecule has 0 fully saturated rings. The van der Waals surface area contributed by atoms with Gasteiger partial charge in [0, 0.05) is 30.2 Å². The molecule has 0 spiro atoms. The maximum Gasteiger partial charge on any atom is 0.255 e. The summed E-state index contributed by atoms with van der Waals surface area (Å²) in [7, 11) is 0. The van der Waals surface area contributed by atoms with Crippen LogP contribution in [-0.4, -0.2) is 22.3 Å². The van der Waals surface area contributed by atoms with E-state index in [-0.39, 0.29) is 11.7 Å². The van der Waals surface area contributed by atoms with Gasteiger partial charge in [-0.15, -0.1) is 0 Å². The zero-order valence-corrected chi connectivity index (χ0v) is 10.2. The second-order valence-corrected chi connectivity index (χ2v) is 4.19. The maximum atomic E-state index is 11.6. The summed E-state index contributed by atoms with van der Waals surface area (Å²) < 4.78 is 1.58. The van der Waals surface area contributed by atoms with Crippen molar-refractivity contribution in [3.8, 4) is 5.69 Å². The first-order chi connectivity index (χ1) is 8.66. The molecule has 0 saturated heterocycles. The number of rotatable bonds is 4. The number of nitrogens with one attached hydrogen (secondary N) is 1. The molecule has 1 heterocycles. The Bertz CT molecular complexity index is 559. The van der Waals surface area contributed by atoms with E-state index in [0.29, 0.717) is 6.54 Å². The molecule has 0 aliphatic heterocycles. The van der Waals surface area contributed by atoms with E-state index in [2.05, 4.69) is 5.32 Å². The third-order valence-electron chi connectivity index (χ3n) is 2.57. The molecule has 2 N–H and O–H groups in total. The van der Waals surface area contributed by atoms with Crippen molar-refractivity contribution >= 4 is 5.69 Å². The molecule has 0 bridgehead atoms. The van der Waals surface area contributed by atoms with Crippen LogP contribution < -0.4 is 10.9 Å². The quantitative estimate of drug-likeness (QED) is 0.859. The smallest absolute Gasteiger partial charge is 0.255 e. The third kappa shape index (κ3) is 2.99. The fourth-order valence-electron chi connectivity index (χ4n) is 1.65. The minimum absolute atomic E-state index is 0.0535. The number of nitrogens with zero attached hydrogens (tertiary/aromatic N) is 1. The van der Waals surface area contributed by atoms with Crippen LogP contribution in [0.1, 0.15) is 6.92 Å². The van der Waals surface area contributed by atoms with E-state index >= 15 is 0 Å². The Morgan fingerprint density at radius 3 is 2.56 bits per heavy atom. The van der Waals surface area contributed by atoms with Gasteiger partial charge >= 0.3 is 0 Å². The second-order valence-electron chi connectivity index (χ2n) is 4.19. The monoisotopic (exact) mass is 244 g/mol. The molecule has 0 amide bonds. The molecule has 1 aromatic carbocycles. The van der Waals surface area contributed by atoms with Gasteiger partial charge in [-0.2, -0.15) is 0 Å². The summed E-state index contributed by atoms with van der Waals surface area (Å²) in [5, 5.41) is 12.3. The van der Waals surface area contributed by atoms with Crippen LogP contribution in [0.3, 0.4) is 0 Å². The number of hydrogen-bond donors (Lipinski definition) is 2. The van der Waals surface area contributed by atoms with Gasteiger partial charge in [0.15, 0.2) is 0 Å². The summed E-state index contributed by atoms with van der Waals surface area (Å²) in [5.74, 6) is 0. The van der Waals surface area contributed by atoms with E-state index in [1.165, 1.54) is 6.07 Å². The lowest BCUT2D eigenvalue weighted by Gasteiger charge is -2.10.